The highest BCUT2D eigenvalue weighted by Gasteiger charge is 2.34. The second-order valence-corrected chi connectivity index (χ2v) is 9.81. The molecule has 7 heteroatoms. The molecule has 31 heavy (non-hydrogen) atoms. The Morgan fingerprint density at radius 3 is 2.45 bits per heavy atom. The number of nitrogens with one attached hydrogen (secondary N) is 2. The van der Waals surface area contributed by atoms with Crippen LogP contribution in [0.25, 0.3) is 0 Å². The predicted octanol–water partition coefficient (Wildman–Crippen LogP) is 4.52. The summed E-state index contributed by atoms with van der Waals surface area (Å²) in [5.74, 6) is 0.404. The number of sulfonamides is 1. The first kappa shape index (κ1) is 20.9. The number of rotatable bonds is 5. The van der Waals surface area contributed by atoms with Gasteiger partial charge in [-0.05, 0) is 50.2 Å². The van der Waals surface area contributed by atoms with Gasteiger partial charge in [0.15, 0.2) is 0 Å². The first-order chi connectivity index (χ1) is 14.7. The van der Waals surface area contributed by atoms with Crippen LogP contribution < -0.4 is 14.8 Å². The molecule has 0 aromatic heterocycles. The summed E-state index contributed by atoms with van der Waals surface area (Å²) < 4.78 is 34.1. The number of benzene rings is 3. The van der Waals surface area contributed by atoms with Gasteiger partial charge < -0.3 is 10.1 Å². The number of carbonyl (C=O) groups is 1. The highest BCUT2D eigenvalue weighted by atomic mass is 32.2. The Morgan fingerprint density at radius 2 is 1.68 bits per heavy atom. The van der Waals surface area contributed by atoms with Crippen LogP contribution in [0.15, 0.2) is 83.8 Å². The summed E-state index contributed by atoms with van der Waals surface area (Å²) >= 11 is 0. The van der Waals surface area contributed by atoms with Gasteiger partial charge in [0.2, 0.25) is 0 Å². The zero-order valence-electron chi connectivity index (χ0n) is 17.3. The lowest BCUT2D eigenvalue weighted by molar-refractivity contribution is 0.0619. The Hall–Kier alpha value is -3.32. The average molecular weight is 437 g/mol. The van der Waals surface area contributed by atoms with E-state index in [1.165, 1.54) is 12.1 Å². The molecule has 0 unspecified atom stereocenters. The standard InChI is InChI=1S/C24H24N2O4S/c1-24(2)16-21(20-13-6-7-14-22(20)30-24)25-23(27)17-9-8-12-19(15-17)31(28,29)26-18-10-4-3-5-11-18/h3-15,21,26H,16H2,1-2H3,(H,25,27)/t21-/m0/s1. The van der Waals surface area contributed by atoms with Gasteiger partial charge in [-0.15, -0.1) is 0 Å². The minimum Gasteiger partial charge on any atom is -0.487 e. The summed E-state index contributed by atoms with van der Waals surface area (Å²) in [7, 11) is -3.82. The number of carbonyl (C=O) groups excluding carboxylic acids is 1. The van der Waals surface area contributed by atoms with Crippen molar-refractivity contribution in [1.29, 1.82) is 0 Å². The molecule has 6 nitrogen and oxygen atoms in total. The summed E-state index contributed by atoms with van der Waals surface area (Å²) in [6.45, 7) is 3.95. The van der Waals surface area contributed by atoms with E-state index in [2.05, 4.69) is 10.0 Å². The molecule has 3 aromatic carbocycles. The molecule has 160 valence electrons. The zero-order valence-corrected chi connectivity index (χ0v) is 18.1. The third kappa shape index (κ3) is 4.72. The molecule has 1 heterocycles. The van der Waals surface area contributed by atoms with Crippen molar-refractivity contribution in [2.75, 3.05) is 4.72 Å². The number of para-hydroxylation sites is 2. The maximum absolute atomic E-state index is 13.0. The lowest BCUT2D eigenvalue weighted by Crippen LogP contribution is -2.41. The monoisotopic (exact) mass is 436 g/mol. The van der Waals surface area contributed by atoms with Gasteiger partial charge in [0.1, 0.15) is 11.4 Å². The quantitative estimate of drug-likeness (QED) is 0.616. The summed E-state index contributed by atoms with van der Waals surface area (Å²) in [5, 5.41) is 3.04. The van der Waals surface area contributed by atoms with Crippen molar-refractivity contribution < 1.29 is 17.9 Å². The van der Waals surface area contributed by atoms with Crippen molar-refractivity contribution in [2.45, 2.75) is 36.8 Å². The third-order valence-electron chi connectivity index (χ3n) is 5.11. The van der Waals surface area contributed by atoms with Crippen molar-refractivity contribution >= 4 is 21.6 Å². The van der Waals surface area contributed by atoms with E-state index in [4.69, 9.17) is 4.74 Å². The topological polar surface area (TPSA) is 84.5 Å². The third-order valence-corrected chi connectivity index (χ3v) is 6.49. The predicted molar refractivity (Wildman–Crippen MR) is 120 cm³/mol. The molecule has 2 N–H and O–H groups in total. The van der Waals surface area contributed by atoms with E-state index in [1.807, 2.05) is 38.1 Å². The van der Waals surface area contributed by atoms with Gasteiger partial charge in [-0.2, -0.15) is 0 Å². The number of ether oxygens (including phenoxy) is 1. The highest BCUT2D eigenvalue weighted by Crippen LogP contribution is 2.39. The molecule has 0 saturated carbocycles. The molecule has 1 aliphatic rings. The van der Waals surface area contributed by atoms with Crippen LogP contribution in [0.5, 0.6) is 5.75 Å². The molecular formula is C24H24N2O4S. The first-order valence-corrected chi connectivity index (χ1v) is 11.5. The van der Waals surface area contributed by atoms with Crippen LogP contribution in [0.3, 0.4) is 0 Å². The maximum Gasteiger partial charge on any atom is 0.261 e. The highest BCUT2D eigenvalue weighted by molar-refractivity contribution is 7.92. The fourth-order valence-corrected chi connectivity index (χ4v) is 4.80. The van der Waals surface area contributed by atoms with Crippen LogP contribution in [0, 0.1) is 0 Å². The van der Waals surface area contributed by atoms with Crippen molar-refractivity contribution in [1.82, 2.24) is 5.32 Å². The van der Waals surface area contributed by atoms with Gasteiger partial charge in [0, 0.05) is 23.2 Å². The molecule has 1 aliphatic heterocycles. The molecular weight excluding hydrogens is 412 g/mol. The molecule has 0 spiro atoms. The number of fused-ring (bicyclic) bond motifs is 1. The normalized spacial score (nSPS) is 17.2. The van der Waals surface area contributed by atoms with Crippen LogP contribution in [-0.2, 0) is 10.0 Å². The van der Waals surface area contributed by atoms with Crippen molar-refractivity contribution in [2.24, 2.45) is 0 Å². The van der Waals surface area contributed by atoms with E-state index in [-0.39, 0.29) is 22.4 Å². The van der Waals surface area contributed by atoms with Crippen LogP contribution in [-0.4, -0.2) is 19.9 Å². The van der Waals surface area contributed by atoms with Gasteiger partial charge in [-0.1, -0.05) is 42.5 Å². The molecule has 1 amide bonds. The largest absolute Gasteiger partial charge is 0.487 e. The molecule has 3 aromatic rings. The van der Waals surface area contributed by atoms with Crippen molar-refractivity contribution in [3.8, 4) is 5.75 Å². The zero-order chi connectivity index (χ0) is 22.1. The fourth-order valence-electron chi connectivity index (χ4n) is 3.70. The Labute approximate surface area is 182 Å². The summed E-state index contributed by atoms with van der Waals surface area (Å²) in [5.41, 5.74) is 1.21. The van der Waals surface area contributed by atoms with Gasteiger partial charge >= 0.3 is 0 Å². The Bertz CT molecular complexity index is 1210. The number of amides is 1. The van der Waals surface area contributed by atoms with Crippen molar-refractivity contribution in [3.05, 3.63) is 90.0 Å². The SMILES string of the molecule is CC1(C)C[C@H](NC(=O)c2cccc(S(=O)(=O)Nc3ccccc3)c2)c2ccccc2O1. The Kier molecular flexibility index (Phi) is 5.45. The first-order valence-electron chi connectivity index (χ1n) is 10.0. The Morgan fingerprint density at radius 1 is 0.968 bits per heavy atom. The van der Waals surface area contributed by atoms with Crippen LogP contribution in [0.4, 0.5) is 5.69 Å². The van der Waals surface area contributed by atoms with E-state index in [0.29, 0.717) is 12.1 Å². The van der Waals surface area contributed by atoms with Crippen LogP contribution in [0.1, 0.15) is 42.2 Å². The van der Waals surface area contributed by atoms with Gasteiger partial charge in [-0.3, -0.25) is 9.52 Å². The van der Waals surface area contributed by atoms with Gasteiger partial charge in [0.25, 0.3) is 15.9 Å². The molecule has 1 atom stereocenters. The molecule has 0 bridgehead atoms. The van der Waals surface area contributed by atoms with Gasteiger partial charge in [-0.25, -0.2) is 8.42 Å². The summed E-state index contributed by atoms with van der Waals surface area (Å²) in [6.07, 6.45) is 0.601. The van der Waals surface area contributed by atoms with E-state index in [9.17, 15) is 13.2 Å². The van der Waals surface area contributed by atoms with Crippen LogP contribution >= 0.6 is 0 Å². The second-order valence-electron chi connectivity index (χ2n) is 8.13. The van der Waals surface area contributed by atoms with Gasteiger partial charge in [0.05, 0.1) is 10.9 Å². The smallest absolute Gasteiger partial charge is 0.261 e. The van der Waals surface area contributed by atoms with E-state index in [0.717, 1.165) is 11.3 Å². The molecule has 0 radical (unpaired) electrons. The number of hydrogen-bond acceptors (Lipinski definition) is 4. The van der Waals surface area contributed by atoms with E-state index in [1.54, 1.807) is 42.5 Å². The lowest BCUT2D eigenvalue weighted by Gasteiger charge is -2.37. The maximum atomic E-state index is 13.0. The molecule has 0 aliphatic carbocycles. The molecule has 0 fully saturated rings. The summed E-state index contributed by atoms with van der Waals surface area (Å²) in [6, 6.07) is 22.0. The number of hydrogen-bond donors (Lipinski definition) is 2. The van der Waals surface area contributed by atoms with Crippen LogP contribution in [0.2, 0.25) is 0 Å². The van der Waals surface area contributed by atoms with E-state index < -0.39 is 15.6 Å². The fraction of sp³-hybridized carbons (Fsp3) is 0.208. The van der Waals surface area contributed by atoms with Crippen molar-refractivity contribution in [3.63, 3.8) is 0 Å². The minimum absolute atomic E-state index is 0.0247. The molecule has 0 saturated heterocycles. The van der Waals surface area contributed by atoms with E-state index >= 15 is 0 Å². The Balaban J connectivity index is 1.57. The summed E-state index contributed by atoms with van der Waals surface area (Å²) in [4.78, 5) is 13.0. The molecule has 4 rings (SSSR count). The second kappa shape index (κ2) is 8.07. The number of anilines is 1. The minimum atomic E-state index is -3.82. The lowest BCUT2D eigenvalue weighted by atomic mass is 9.89. The average Bonchev–Trinajstić information content (AvgIpc) is 2.73.